The van der Waals surface area contributed by atoms with E-state index in [9.17, 15) is 0 Å². The Balaban J connectivity index is 1.45. The van der Waals surface area contributed by atoms with Gasteiger partial charge in [-0.25, -0.2) is 0 Å². The molecule has 0 spiro atoms. The van der Waals surface area contributed by atoms with Gasteiger partial charge in [0.2, 0.25) is 0 Å². The highest BCUT2D eigenvalue weighted by Gasteiger charge is 2.17. The molecule has 0 aromatic heterocycles. The Morgan fingerprint density at radius 2 is 2.24 bits per heavy atom. The fraction of sp³-hybridized carbons (Fsp3) is 0.667. The third-order valence-electron chi connectivity index (χ3n) is 4.80. The lowest BCUT2D eigenvalue weighted by atomic mass is 9.98. The van der Waals surface area contributed by atoms with Crippen LogP contribution in [-0.2, 0) is 17.6 Å². The molecule has 1 saturated heterocycles. The number of benzene rings is 1. The summed E-state index contributed by atoms with van der Waals surface area (Å²) in [4.78, 5) is 0. The van der Waals surface area contributed by atoms with E-state index in [2.05, 4.69) is 30.6 Å². The minimum atomic E-state index is 0.512. The normalized spacial score (nSPS) is 22.0. The van der Waals surface area contributed by atoms with Crippen LogP contribution >= 0.6 is 0 Å². The second kappa shape index (κ2) is 7.28. The number of rotatable bonds is 7. The quantitative estimate of drug-likeness (QED) is 0.836. The number of hydrogen-bond donors (Lipinski definition) is 1. The van der Waals surface area contributed by atoms with Gasteiger partial charge in [0, 0.05) is 19.1 Å². The summed E-state index contributed by atoms with van der Waals surface area (Å²) in [6.07, 6.45) is 8.83. The molecule has 3 nitrogen and oxygen atoms in total. The molecule has 1 aromatic carbocycles. The second-order valence-electron chi connectivity index (χ2n) is 6.28. The van der Waals surface area contributed by atoms with Crippen molar-refractivity contribution in [3.8, 4) is 5.75 Å². The van der Waals surface area contributed by atoms with Crippen LogP contribution in [0.2, 0.25) is 0 Å². The maximum Gasteiger partial charge on any atom is 0.122 e. The van der Waals surface area contributed by atoms with Gasteiger partial charge in [-0.3, -0.25) is 0 Å². The minimum Gasteiger partial charge on any atom is -0.493 e. The van der Waals surface area contributed by atoms with Gasteiger partial charge in [-0.15, -0.1) is 0 Å². The number of ether oxygens (including phenoxy) is 2. The lowest BCUT2D eigenvalue weighted by Crippen LogP contribution is -2.27. The summed E-state index contributed by atoms with van der Waals surface area (Å²) in [5.74, 6) is 1.09. The molecule has 1 N–H and O–H groups in total. The van der Waals surface area contributed by atoms with Gasteiger partial charge in [0.05, 0.1) is 12.7 Å². The predicted molar refractivity (Wildman–Crippen MR) is 85.0 cm³/mol. The van der Waals surface area contributed by atoms with Crippen LogP contribution in [0.5, 0.6) is 5.75 Å². The van der Waals surface area contributed by atoms with Gasteiger partial charge < -0.3 is 14.8 Å². The van der Waals surface area contributed by atoms with E-state index in [1.807, 2.05) is 0 Å². The fourth-order valence-electron chi connectivity index (χ4n) is 3.43. The van der Waals surface area contributed by atoms with Crippen LogP contribution in [0, 0.1) is 0 Å². The van der Waals surface area contributed by atoms with Crippen molar-refractivity contribution in [2.45, 2.75) is 57.1 Å². The van der Waals surface area contributed by atoms with Crippen LogP contribution in [0.4, 0.5) is 0 Å². The first-order chi connectivity index (χ1) is 10.3. The van der Waals surface area contributed by atoms with E-state index < -0.39 is 0 Å². The number of aryl methyl sites for hydroxylation is 1. The van der Waals surface area contributed by atoms with E-state index in [-0.39, 0.29) is 0 Å². The molecule has 2 aliphatic heterocycles. The summed E-state index contributed by atoms with van der Waals surface area (Å²) in [6.45, 7) is 1.81. The van der Waals surface area contributed by atoms with Crippen molar-refractivity contribution in [1.82, 2.24) is 5.32 Å². The predicted octanol–water partition coefficient (Wildman–Crippen LogP) is 3.10. The van der Waals surface area contributed by atoms with E-state index in [1.54, 1.807) is 0 Å². The highest BCUT2D eigenvalue weighted by atomic mass is 16.5. The van der Waals surface area contributed by atoms with Gasteiger partial charge in [-0.05, 0) is 62.8 Å². The number of nitrogens with one attached hydrogen (secondary N) is 1. The first kappa shape index (κ1) is 14.9. The molecule has 2 unspecified atom stereocenters. The highest BCUT2D eigenvalue weighted by molar-refractivity contribution is 5.39. The SMILES string of the molecule is CNC(CCc1ccc2c(c1)CCO2)CCC1CCCO1. The topological polar surface area (TPSA) is 30.5 Å². The van der Waals surface area contributed by atoms with Crippen LogP contribution in [0.1, 0.15) is 43.2 Å². The zero-order valence-corrected chi connectivity index (χ0v) is 13.1. The average Bonchev–Trinajstić information content (AvgIpc) is 3.18. The lowest BCUT2D eigenvalue weighted by molar-refractivity contribution is 0.0995. The molecule has 0 saturated carbocycles. The van der Waals surface area contributed by atoms with Gasteiger partial charge >= 0.3 is 0 Å². The number of fused-ring (bicyclic) bond motifs is 1. The first-order valence-electron chi connectivity index (χ1n) is 8.38. The van der Waals surface area contributed by atoms with Crippen molar-refractivity contribution in [1.29, 1.82) is 0 Å². The number of hydrogen-bond acceptors (Lipinski definition) is 3. The zero-order chi connectivity index (χ0) is 14.5. The summed E-state index contributed by atoms with van der Waals surface area (Å²) >= 11 is 0. The second-order valence-corrected chi connectivity index (χ2v) is 6.28. The zero-order valence-electron chi connectivity index (χ0n) is 13.1. The maximum absolute atomic E-state index is 5.72. The smallest absolute Gasteiger partial charge is 0.122 e. The van der Waals surface area contributed by atoms with Crippen LogP contribution in [-0.4, -0.2) is 32.4 Å². The van der Waals surface area contributed by atoms with Gasteiger partial charge in [0.1, 0.15) is 5.75 Å². The minimum absolute atomic E-state index is 0.512. The van der Waals surface area contributed by atoms with Crippen molar-refractivity contribution < 1.29 is 9.47 Å². The first-order valence-corrected chi connectivity index (χ1v) is 8.38. The summed E-state index contributed by atoms with van der Waals surface area (Å²) in [5, 5.41) is 3.47. The maximum atomic E-state index is 5.72. The van der Waals surface area contributed by atoms with Crippen LogP contribution < -0.4 is 10.1 Å². The summed E-state index contributed by atoms with van der Waals surface area (Å²) in [7, 11) is 2.08. The van der Waals surface area contributed by atoms with E-state index in [1.165, 1.54) is 43.2 Å². The molecule has 0 radical (unpaired) electrons. The third kappa shape index (κ3) is 3.98. The summed E-state index contributed by atoms with van der Waals surface area (Å²) in [6, 6.07) is 7.28. The molecule has 116 valence electrons. The van der Waals surface area contributed by atoms with Gasteiger partial charge in [0.25, 0.3) is 0 Å². The molecule has 2 aliphatic rings. The highest BCUT2D eigenvalue weighted by Crippen LogP contribution is 2.26. The molecule has 0 aliphatic carbocycles. The van der Waals surface area contributed by atoms with Crippen molar-refractivity contribution in [2.75, 3.05) is 20.3 Å². The molecule has 1 aromatic rings. The van der Waals surface area contributed by atoms with Crippen molar-refractivity contribution >= 4 is 0 Å². The molecule has 3 heteroatoms. The Bertz CT molecular complexity index is 455. The van der Waals surface area contributed by atoms with E-state index >= 15 is 0 Å². The molecule has 2 atom stereocenters. The fourth-order valence-corrected chi connectivity index (χ4v) is 3.43. The molecular weight excluding hydrogens is 262 g/mol. The van der Waals surface area contributed by atoms with Crippen molar-refractivity contribution in [3.05, 3.63) is 29.3 Å². The molecular formula is C18H27NO2. The van der Waals surface area contributed by atoms with Crippen LogP contribution in [0.15, 0.2) is 18.2 Å². The van der Waals surface area contributed by atoms with E-state index in [0.717, 1.165) is 31.8 Å². The lowest BCUT2D eigenvalue weighted by Gasteiger charge is -2.18. The largest absolute Gasteiger partial charge is 0.493 e. The molecule has 3 rings (SSSR count). The van der Waals surface area contributed by atoms with Gasteiger partial charge in [-0.1, -0.05) is 12.1 Å². The Kier molecular flexibility index (Phi) is 5.15. The Hall–Kier alpha value is -1.06. The van der Waals surface area contributed by atoms with Gasteiger partial charge in [0.15, 0.2) is 0 Å². The Morgan fingerprint density at radius 3 is 3.05 bits per heavy atom. The third-order valence-corrected chi connectivity index (χ3v) is 4.80. The molecule has 0 bridgehead atoms. The van der Waals surface area contributed by atoms with Gasteiger partial charge in [-0.2, -0.15) is 0 Å². The summed E-state index contributed by atoms with van der Waals surface area (Å²) < 4.78 is 11.3. The monoisotopic (exact) mass is 289 g/mol. The molecule has 1 fully saturated rings. The Morgan fingerprint density at radius 1 is 1.29 bits per heavy atom. The van der Waals surface area contributed by atoms with Crippen molar-refractivity contribution in [2.24, 2.45) is 0 Å². The molecule has 2 heterocycles. The van der Waals surface area contributed by atoms with Crippen LogP contribution in [0.3, 0.4) is 0 Å². The molecule has 0 amide bonds. The standard InChI is InChI=1S/C18H27NO2/c1-19-16(7-8-17-3-2-11-20-17)6-4-14-5-9-18-15(13-14)10-12-21-18/h5,9,13,16-17,19H,2-4,6-8,10-12H2,1H3. The Labute approximate surface area is 128 Å². The van der Waals surface area contributed by atoms with E-state index in [0.29, 0.717) is 12.1 Å². The van der Waals surface area contributed by atoms with Crippen molar-refractivity contribution in [3.63, 3.8) is 0 Å². The van der Waals surface area contributed by atoms with E-state index in [4.69, 9.17) is 9.47 Å². The molecule has 21 heavy (non-hydrogen) atoms. The average molecular weight is 289 g/mol. The van der Waals surface area contributed by atoms with Crippen LogP contribution in [0.25, 0.3) is 0 Å². The summed E-state index contributed by atoms with van der Waals surface area (Å²) in [5.41, 5.74) is 2.82.